The molecular weight excluding hydrogens is 297 g/mol. The van der Waals surface area contributed by atoms with Crippen molar-refractivity contribution in [2.24, 2.45) is 0 Å². The highest BCUT2D eigenvalue weighted by molar-refractivity contribution is 5.48. The number of anilines is 1. The van der Waals surface area contributed by atoms with Crippen molar-refractivity contribution in [3.05, 3.63) is 47.5 Å². The molecule has 3 heterocycles. The third-order valence-electron chi connectivity index (χ3n) is 3.99. The van der Waals surface area contributed by atoms with Crippen molar-refractivity contribution in [1.82, 2.24) is 19.8 Å². The Hall–Kier alpha value is -2.70. The van der Waals surface area contributed by atoms with E-state index in [0.29, 0.717) is 23.8 Å². The zero-order chi connectivity index (χ0) is 15.8. The molecule has 1 aliphatic heterocycles. The molecule has 118 valence electrons. The van der Waals surface area contributed by atoms with Gasteiger partial charge < -0.3 is 10.1 Å². The summed E-state index contributed by atoms with van der Waals surface area (Å²) in [5.74, 6) is 1.51. The molecule has 6 nitrogen and oxygen atoms in total. The molecule has 1 atom stereocenters. The zero-order valence-corrected chi connectivity index (χ0v) is 12.7. The molecule has 0 unspecified atom stereocenters. The second-order valence-corrected chi connectivity index (χ2v) is 5.45. The highest BCUT2D eigenvalue weighted by atomic mass is 19.1. The highest BCUT2D eigenvalue weighted by Gasteiger charge is 2.24. The van der Waals surface area contributed by atoms with E-state index in [2.05, 4.69) is 20.6 Å². The number of nitrogens with zero attached hydrogens (tertiary/aromatic N) is 4. The van der Waals surface area contributed by atoms with Crippen LogP contribution in [0, 0.1) is 5.82 Å². The number of nitrogens with one attached hydrogen (secondary N) is 1. The summed E-state index contributed by atoms with van der Waals surface area (Å²) < 4.78 is 21.0. The molecule has 1 N–H and O–H groups in total. The Bertz CT molecular complexity index is 863. The van der Waals surface area contributed by atoms with Gasteiger partial charge >= 0.3 is 0 Å². The van der Waals surface area contributed by atoms with E-state index in [9.17, 15) is 4.39 Å². The van der Waals surface area contributed by atoms with Crippen molar-refractivity contribution in [3.8, 4) is 5.75 Å². The van der Waals surface area contributed by atoms with Crippen molar-refractivity contribution in [2.45, 2.75) is 25.8 Å². The van der Waals surface area contributed by atoms with Crippen molar-refractivity contribution < 1.29 is 9.13 Å². The van der Waals surface area contributed by atoms with Crippen LogP contribution in [0.1, 0.15) is 30.8 Å². The van der Waals surface area contributed by atoms with Crippen LogP contribution in [0.3, 0.4) is 0 Å². The van der Waals surface area contributed by atoms with E-state index in [1.165, 1.54) is 6.07 Å². The van der Waals surface area contributed by atoms with Crippen molar-refractivity contribution in [2.75, 3.05) is 11.9 Å². The van der Waals surface area contributed by atoms with Crippen LogP contribution in [-0.2, 0) is 6.42 Å². The van der Waals surface area contributed by atoms with Gasteiger partial charge in [0.2, 0.25) is 0 Å². The third-order valence-corrected chi connectivity index (χ3v) is 3.99. The smallest absolute Gasteiger partial charge is 0.178 e. The van der Waals surface area contributed by atoms with Gasteiger partial charge in [-0.15, -0.1) is 15.3 Å². The Morgan fingerprint density at radius 1 is 1.30 bits per heavy atom. The number of aryl methyl sites for hydroxylation is 1. The van der Waals surface area contributed by atoms with Crippen LogP contribution in [0.25, 0.3) is 5.65 Å². The molecule has 1 aliphatic rings. The Balaban J connectivity index is 1.68. The summed E-state index contributed by atoms with van der Waals surface area (Å²) in [6.07, 6.45) is 1.50. The number of ether oxygens (including phenoxy) is 1. The van der Waals surface area contributed by atoms with Crippen LogP contribution in [0.4, 0.5) is 10.2 Å². The van der Waals surface area contributed by atoms with Gasteiger partial charge in [0.1, 0.15) is 5.82 Å². The first-order chi connectivity index (χ1) is 11.3. The number of fused-ring (bicyclic) bond motifs is 2. The SMILES string of the molecule is CCc1nnc2ccc(N[C@H]3CCOc4c(F)cccc43)nn12. The lowest BCUT2D eigenvalue weighted by Gasteiger charge is -2.27. The largest absolute Gasteiger partial charge is 0.490 e. The topological polar surface area (TPSA) is 64.3 Å². The van der Waals surface area contributed by atoms with E-state index in [0.717, 1.165) is 24.2 Å². The standard InChI is InChI=1S/C16H16FN5O/c1-2-14-19-20-15-7-6-13(21-22(14)15)18-12-8-9-23-16-10(12)4-3-5-11(16)17/h3-7,12H,2,8-9H2,1H3,(H,18,21)/t12-/m0/s1. The Kier molecular flexibility index (Phi) is 3.33. The molecule has 0 bridgehead atoms. The van der Waals surface area contributed by atoms with E-state index in [1.807, 2.05) is 25.1 Å². The molecule has 0 amide bonds. The molecule has 0 saturated carbocycles. The highest BCUT2D eigenvalue weighted by Crippen LogP contribution is 2.35. The van der Waals surface area contributed by atoms with Gasteiger partial charge in [0.15, 0.2) is 23.0 Å². The van der Waals surface area contributed by atoms with Crippen LogP contribution >= 0.6 is 0 Å². The fraction of sp³-hybridized carbons (Fsp3) is 0.312. The van der Waals surface area contributed by atoms with Crippen molar-refractivity contribution in [3.63, 3.8) is 0 Å². The number of hydrogen-bond acceptors (Lipinski definition) is 5. The molecule has 0 aliphatic carbocycles. The number of aromatic nitrogens is 4. The molecule has 3 aromatic rings. The van der Waals surface area contributed by atoms with Gasteiger partial charge in [0.25, 0.3) is 0 Å². The van der Waals surface area contributed by atoms with Crippen molar-refractivity contribution in [1.29, 1.82) is 0 Å². The van der Waals surface area contributed by atoms with Crippen molar-refractivity contribution >= 4 is 11.5 Å². The van der Waals surface area contributed by atoms with Gasteiger partial charge in [-0.2, -0.15) is 4.52 Å². The average molecular weight is 313 g/mol. The molecular formula is C16H16FN5O. The molecule has 2 aromatic heterocycles. The first kappa shape index (κ1) is 13.9. The number of halogens is 1. The molecule has 0 fully saturated rings. The van der Waals surface area contributed by atoms with Crippen LogP contribution in [0.5, 0.6) is 5.75 Å². The maximum Gasteiger partial charge on any atom is 0.178 e. The van der Waals surface area contributed by atoms with E-state index >= 15 is 0 Å². The summed E-state index contributed by atoms with van der Waals surface area (Å²) in [5.41, 5.74) is 1.53. The lowest BCUT2D eigenvalue weighted by Crippen LogP contribution is -2.22. The van der Waals surface area contributed by atoms with Crippen LogP contribution in [-0.4, -0.2) is 26.4 Å². The van der Waals surface area contributed by atoms with Gasteiger partial charge in [-0.05, 0) is 18.2 Å². The summed E-state index contributed by atoms with van der Waals surface area (Å²) >= 11 is 0. The first-order valence-corrected chi connectivity index (χ1v) is 7.65. The summed E-state index contributed by atoms with van der Waals surface area (Å²) in [4.78, 5) is 0. The third kappa shape index (κ3) is 2.38. The zero-order valence-electron chi connectivity index (χ0n) is 12.7. The van der Waals surface area contributed by atoms with Crippen LogP contribution in [0.2, 0.25) is 0 Å². The maximum atomic E-state index is 13.9. The Morgan fingerprint density at radius 3 is 3.09 bits per heavy atom. The second kappa shape index (κ2) is 5.49. The molecule has 0 spiro atoms. The van der Waals surface area contributed by atoms with E-state index in [4.69, 9.17) is 4.74 Å². The number of rotatable bonds is 3. The summed E-state index contributed by atoms with van der Waals surface area (Å²) in [5, 5.41) is 16.1. The fourth-order valence-corrected chi connectivity index (χ4v) is 2.85. The van der Waals surface area contributed by atoms with E-state index in [1.54, 1.807) is 10.6 Å². The quantitative estimate of drug-likeness (QED) is 0.805. The Labute approximate surface area is 132 Å². The molecule has 4 rings (SSSR count). The molecule has 0 radical (unpaired) electrons. The predicted molar refractivity (Wildman–Crippen MR) is 83.0 cm³/mol. The number of hydrogen-bond donors (Lipinski definition) is 1. The molecule has 0 saturated heterocycles. The maximum absolute atomic E-state index is 13.9. The number of para-hydroxylation sites is 1. The number of benzene rings is 1. The van der Waals surface area contributed by atoms with E-state index in [-0.39, 0.29) is 11.9 Å². The summed E-state index contributed by atoms with van der Waals surface area (Å²) in [6, 6.07) is 8.68. The van der Waals surface area contributed by atoms with E-state index < -0.39 is 0 Å². The summed E-state index contributed by atoms with van der Waals surface area (Å²) in [7, 11) is 0. The van der Waals surface area contributed by atoms with Gasteiger partial charge in [0, 0.05) is 18.4 Å². The molecule has 7 heteroatoms. The lowest BCUT2D eigenvalue weighted by atomic mass is 10.0. The Morgan fingerprint density at radius 2 is 2.22 bits per heavy atom. The van der Waals surface area contributed by atoms with Crippen LogP contribution < -0.4 is 10.1 Å². The van der Waals surface area contributed by atoms with Gasteiger partial charge in [-0.1, -0.05) is 19.1 Å². The monoisotopic (exact) mass is 313 g/mol. The molecule has 1 aromatic carbocycles. The van der Waals surface area contributed by atoms with Gasteiger partial charge in [-0.3, -0.25) is 0 Å². The minimum atomic E-state index is -0.329. The normalized spacial score (nSPS) is 16.9. The molecule has 23 heavy (non-hydrogen) atoms. The predicted octanol–water partition coefficient (Wildman–Crippen LogP) is 2.76. The summed E-state index contributed by atoms with van der Waals surface area (Å²) in [6.45, 7) is 2.48. The first-order valence-electron chi connectivity index (χ1n) is 7.65. The van der Waals surface area contributed by atoms with Gasteiger partial charge in [0.05, 0.1) is 12.6 Å². The minimum absolute atomic E-state index is 0.0408. The lowest BCUT2D eigenvalue weighted by molar-refractivity contribution is 0.260. The van der Waals surface area contributed by atoms with Gasteiger partial charge in [-0.25, -0.2) is 4.39 Å². The second-order valence-electron chi connectivity index (χ2n) is 5.45. The fourth-order valence-electron chi connectivity index (χ4n) is 2.85. The average Bonchev–Trinajstić information content (AvgIpc) is 2.98. The minimum Gasteiger partial charge on any atom is -0.490 e. The van der Waals surface area contributed by atoms with Crippen LogP contribution in [0.15, 0.2) is 30.3 Å².